The Morgan fingerprint density at radius 1 is 1.15 bits per heavy atom. The van der Waals surface area contributed by atoms with E-state index in [9.17, 15) is 13.9 Å². The van der Waals surface area contributed by atoms with Crippen molar-refractivity contribution in [3.05, 3.63) is 53.6 Å². The molecule has 0 saturated heterocycles. The van der Waals surface area contributed by atoms with Crippen molar-refractivity contribution in [2.24, 2.45) is 0 Å². The molecule has 0 spiro atoms. The van der Waals surface area contributed by atoms with E-state index in [1.54, 1.807) is 13.0 Å². The molecule has 3 nitrogen and oxygen atoms in total. The van der Waals surface area contributed by atoms with Crippen LogP contribution in [0.25, 0.3) is 0 Å². The fraction of sp³-hybridized carbons (Fsp3) is 0.200. The molecular weight excluding hydrogens is 264 g/mol. The lowest BCUT2D eigenvalue weighted by molar-refractivity contribution is 0.321. The molecule has 0 aliphatic rings. The van der Waals surface area contributed by atoms with E-state index >= 15 is 0 Å². The van der Waals surface area contributed by atoms with Gasteiger partial charge in [0.2, 0.25) is 0 Å². The maximum atomic E-state index is 13.6. The molecule has 0 radical (unpaired) electrons. The Morgan fingerprint density at radius 3 is 2.60 bits per heavy atom. The molecule has 0 heterocycles. The molecule has 0 aliphatic carbocycles. The average Bonchev–Trinajstić information content (AvgIpc) is 2.38. The highest BCUT2D eigenvalue weighted by Gasteiger charge is 2.05. The van der Waals surface area contributed by atoms with Gasteiger partial charge in [0.25, 0.3) is 0 Å². The zero-order valence-corrected chi connectivity index (χ0v) is 11.0. The first-order valence-electron chi connectivity index (χ1n) is 6.23. The van der Waals surface area contributed by atoms with Crippen molar-refractivity contribution < 1.29 is 18.6 Å². The summed E-state index contributed by atoms with van der Waals surface area (Å²) < 4.78 is 31.8. The van der Waals surface area contributed by atoms with E-state index in [1.165, 1.54) is 24.3 Å². The number of phenols is 1. The minimum atomic E-state index is -0.514. The lowest BCUT2D eigenvalue weighted by atomic mass is 10.2. The normalized spacial score (nSPS) is 10.3. The summed E-state index contributed by atoms with van der Waals surface area (Å²) in [4.78, 5) is 0. The van der Waals surface area contributed by atoms with Crippen molar-refractivity contribution in [2.45, 2.75) is 13.5 Å². The van der Waals surface area contributed by atoms with Gasteiger partial charge in [-0.05, 0) is 36.8 Å². The standard InChI is InChI=1S/C15H15F2NO2/c1-2-20-15-4-3-12(8-14(15)17)18-9-10-5-11(16)7-13(19)6-10/h3-8,18-19H,2,9H2,1H3. The summed E-state index contributed by atoms with van der Waals surface area (Å²) in [5.41, 5.74) is 1.12. The van der Waals surface area contributed by atoms with Crippen molar-refractivity contribution >= 4 is 5.69 Å². The third-order valence-electron chi connectivity index (χ3n) is 2.67. The summed E-state index contributed by atoms with van der Waals surface area (Å²) >= 11 is 0. The number of rotatable bonds is 5. The third kappa shape index (κ3) is 3.60. The molecule has 5 heteroatoms. The summed E-state index contributed by atoms with van der Waals surface area (Å²) in [6.07, 6.45) is 0. The lowest BCUT2D eigenvalue weighted by Crippen LogP contribution is -2.01. The molecule has 2 aromatic carbocycles. The first kappa shape index (κ1) is 14.1. The second-order valence-electron chi connectivity index (χ2n) is 4.25. The van der Waals surface area contributed by atoms with E-state index in [4.69, 9.17) is 4.74 Å². The fourth-order valence-electron chi connectivity index (χ4n) is 1.82. The van der Waals surface area contributed by atoms with Crippen molar-refractivity contribution in [3.63, 3.8) is 0 Å². The van der Waals surface area contributed by atoms with E-state index in [0.29, 0.717) is 17.9 Å². The highest BCUT2D eigenvalue weighted by atomic mass is 19.1. The van der Waals surface area contributed by atoms with Gasteiger partial charge < -0.3 is 15.2 Å². The summed E-state index contributed by atoms with van der Waals surface area (Å²) in [6, 6.07) is 8.29. The number of anilines is 1. The van der Waals surface area contributed by atoms with Crippen LogP contribution in [-0.2, 0) is 6.54 Å². The van der Waals surface area contributed by atoms with Crippen molar-refractivity contribution in [1.29, 1.82) is 0 Å². The van der Waals surface area contributed by atoms with E-state index in [2.05, 4.69) is 5.32 Å². The summed E-state index contributed by atoms with van der Waals surface area (Å²) in [5.74, 6) is -0.917. The Balaban J connectivity index is 2.05. The Hall–Kier alpha value is -2.30. The van der Waals surface area contributed by atoms with Gasteiger partial charge in [0.1, 0.15) is 11.6 Å². The van der Waals surface area contributed by atoms with Crippen LogP contribution < -0.4 is 10.1 Å². The molecule has 0 bridgehead atoms. The number of hydrogen-bond acceptors (Lipinski definition) is 3. The molecule has 106 valence electrons. The molecule has 0 fully saturated rings. The van der Waals surface area contributed by atoms with Crippen LogP contribution in [0, 0.1) is 11.6 Å². The maximum Gasteiger partial charge on any atom is 0.167 e. The van der Waals surface area contributed by atoms with Crippen LogP contribution >= 0.6 is 0 Å². The van der Waals surface area contributed by atoms with E-state index in [-0.39, 0.29) is 18.0 Å². The Kier molecular flexibility index (Phi) is 4.40. The third-order valence-corrected chi connectivity index (χ3v) is 2.67. The highest BCUT2D eigenvalue weighted by Crippen LogP contribution is 2.22. The minimum absolute atomic E-state index is 0.139. The second-order valence-corrected chi connectivity index (χ2v) is 4.25. The average molecular weight is 279 g/mol. The Labute approximate surface area is 115 Å². The van der Waals surface area contributed by atoms with Crippen LogP contribution in [0.5, 0.6) is 11.5 Å². The van der Waals surface area contributed by atoms with Crippen LogP contribution in [0.4, 0.5) is 14.5 Å². The first-order valence-corrected chi connectivity index (χ1v) is 6.23. The van der Waals surface area contributed by atoms with Gasteiger partial charge in [-0.2, -0.15) is 0 Å². The molecule has 0 atom stereocenters. The van der Waals surface area contributed by atoms with Gasteiger partial charge in [0, 0.05) is 24.4 Å². The minimum Gasteiger partial charge on any atom is -0.508 e. The molecule has 0 saturated carbocycles. The summed E-state index contributed by atoms with van der Waals surface area (Å²) in [5, 5.41) is 12.2. The Bertz CT molecular complexity index is 582. The molecule has 2 aromatic rings. The molecule has 0 unspecified atom stereocenters. The van der Waals surface area contributed by atoms with Crippen LogP contribution in [0.3, 0.4) is 0 Å². The van der Waals surface area contributed by atoms with Gasteiger partial charge >= 0.3 is 0 Å². The number of phenolic OH excluding ortho intramolecular Hbond substituents is 1. The van der Waals surface area contributed by atoms with Crippen molar-refractivity contribution in [3.8, 4) is 11.5 Å². The number of benzene rings is 2. The van der Waals surface area contributed by atoms with E-state index in [0.717, 1.165) is 6.07 Å². The molecule has 0 amide bonds. The number of ether oxygens (including phenoxy) is 1. The zero-order chi connectivity index (χ0) is 14.5. The van der Waals surface area contributed by atoms with Gasteiger partial charge in [0.15, 0.2) is 11.6 Å². The van der Waals surface area contributed by atoms with E-state index < -0.39 is 11.6 Å². The van der Waals surface area contributed by atoms with Gasteiger partial charge in [0.05, 0.1) is 6.61 Å². The molecule has 2 N–H and O–H groups in total. The SMILES string of the molecule is CCOc1ccc(NCc2cc(O)cc(F)c2)cc1F. The largest absolute Gasteiger partial charge is 0.508 e. The van der Waals surface area contributed by atoms with Gasteiger partial charge in [-0.1, -0.05) is 0 Å². The van der Waals surface area contributed by atoms with Crippen LogP contribution in [0.15, 0.2) is 36.4 Å². The van der Waals surface area contributed by atoms with Crippen LogP contribution in [0.2, 0.25) is 0 Å². The topological polar surface area (TPSA) is 41.5 Å². The molecule has 0 aromatic heterocycles. The number of hydrogen-bond donors (Lipinski definition) is 2. The molecule has 0 aliphatic heterocycles. The molecule has 2 rings (SSSR count). The van der Waals surface area contributed by atoms with Gasteiger partial charge in [-0.15, -0.1) is 0 Å². The Morgan fingerprint density at radius 2 is 1.95 bits per heavy atom. The predicted molar refractivity (Wildman–Crippen MR) is 73.0 cm³/mol. The second kappa shape index (κ2) is 6.23. The number of halogens is 2. The predicted octanol–water partition coefficient (Wildman–Crippen LogP) is 3.68. The van der Waals surface area contributed by atoms with E-state index in [1.807, 2.05) is 0 Å². The summed E-state index contributed by atoms with van der Waals surface area (Å²) in [6.45, 7) is 2.45. The molecular formula is C15H15F2NO2. The van der Waals surface area contributed by atoms with Crippen molar-refractivity contribution in [2.75, 3.05) is 11.9 Å². The highest BCUT2D eigenvalue weighted by molar-refractivity contribution is 5.48. The van der Waals surface area contributed by atoms with Crippen molar-refractivity contribution in [1.82, 2.24) is 0 Å². The summed E-state index contributed by atoms with van der Waals surface area (Å²) in [7, 11) is 0. The number of nitrogens with one attached hydrogen (secondary N) is 1. The quantitative estimate of drug-likeness (QED) is 0.877. The van der Waals surface area contributed by atoms with Crippen LogP contribution in [-0.4, -0.2) is 11.7 Å². The zero-order valence-electron chi connectivity index (χ0n) is 11.0. The monoisotopic (exact) mass is 279 g/mol. The van der Waals surface area contributed by atoms with Gasteiger partial charge in [-0.3, -0.25) is 0 Å². The van der Waals surface area contributed by atoms with Crippen LogP contribution in [0.1, 0.15) is 12.5 Å². The lowest BCUT2D eigenvalue weighted by Gasteiger charge is -2.09. The maximum absolute atomic E-state index is 13.6. The smallest absolute Gasteiger partial charge is 0.167 e. The number of aromatic hydroxyl groups is 1. The molecule has 20 heavy (non-hydrogen) atoms. The fourth-order valence-corrected chi connectivity index (χ4v) is 1.82. The van der Waals surface area contributed by atoms with Gasteiger partial charge in [-0.25, -0.2) is 8.78 Å². The first-order chi connectivity index (χ1) is 9.58.